The van der Waals surface area contributed by atoms with Crippen molar-refractivity contribution in [2.24, 2.45) is 7.05 Å². The van der Waals surface area contributed by atoms with Crippen LogP contribution in [-0.2, 0) is 7.05 Å². The van der Waals surface area contributed by atoms with Crippen LogP contribution in [0.5, 0.6) is 5.88 Å². The minimum Gasteiger partial charge on any atom is -0.481 e. The minimum absolute atomic E-state index is 0.0967. The number of hydrogen-bond acceptors (Lipinski definition) is 4. The van der Waals surface area contributed by atoms with Gasteiger partial charge in [0.1, 0.15) is 5.56 Å². The van der Waals surface area contributed by atoms with E-state index >= 15 is 0 Å². The van der Waals surface area contributed by atoms with Gasteiger partial charge in [0.15, 0.2) is 0 Å². The number of aromatic carboxylic acids is 1. The monoisotopic (exact) mass is 236 g/mol. The highest BCUT2D eigenvalue weighted by atomic mass is 16.5. The number of methoxy groups -OCH3 is 1. The number of rotatable bonds is 3. The number of aromatic amines is 1. The third-order valence-corrected chi connectivity index (χ3v) is 2.48. The van der Waals surface area contributed by atoms with Gasteiger partial charge in [0.25, 0.3) is 0 Å². The standard InChI is InChI=1S/C10H12N4O3/c1-5-7(9(17-3)14(2)13-5)8-6(10(15)16)4-11-12-8/h4H,1-3H3,(H,11,12)(H,15,16). The predicted molar refractivity (Wildman–Crippen MR) is 59.0 cm³/mol. The van der Waals surface area contributed by atoms with E-state index in [9.17, 15) is 4.79 Å². The highest BCUT2D eigenvalue weighted by Gasteiger charge is 2.22. The third kappa shape index (κ3) is 1.65. The van der Waals surface area contributed by atoms with Crippen LogP contribution in [-0.4, -0.2) is 38.2 Å². The number of H-pyrrole nitrogens is 1. The molecule has 0 amide bonds. The van der Waals surface area contributed by atoms with Gasteiger partial charge in [-0.05, 0) is 6.92 Å². The number of carboxylic acids is 1. The lowest BCUT2D eigenvalue weighted by Crippen LogP contribution is -1.99. The average Bonchev–Trinajstić information content (AvgIpc) is 2.81. The van der Waals surface area contributed by atoms with Crippen LogP contribution in [0.25, 0.3) is 11.3 Å². The van der Waals surface area contributed by atoms with Gasteiger partial charge in [0.2, 0.25) is 5.88 Å². The van der Waals surface area contributed by atoms with Gasteiger partial charge in [0.05, 0.1) is 30.3 Å². The van der Waals surface area contributed by atoms with E-state index in [1.165, 1.54) is 13.3 Å². The quantitative estimate of drug-likeness (QED) is 0.823. The van der Waals surface area contributed by atoms with Crippen molar-refractivity contribution in [1.29, 1.82) is 0 Å². The first kappa shape index (κ1) is 11.2. The Balaban J connectivity index is 2.68. The summed E-state index contributed by atoms with van der Waals surface area (Å²) in [7, 11) is 3.24. The smallest absolute Gasteiger partial charge is 0.339 e. The van der Waals surface area contributed by atoms with Gasteiger partial charge in [-0.1, -0.05) is 0 Å². The number of hydrogen-bond donors (Lipinski definition) is 2. The van der Waals surface area contributed by atoms with Crippen LogP contribution in [0.4, 0.5) is 0 Å². The van der Waals surface area contributed by atoms with Crippen molar-refractivity contribution < 1.29 is 14.6 Å². The summed E-state index contributed by atoms with van der Waals surface area (Å²) in [5.74, 6) is -0.548. The Bertz CT molecular complexity index is 570. The summed E-state index contributed by atoms with van der Waals surface area (Å²) in [5, 5.41) is 19.7. The Morgan fingerprint density at radius 1 is 1.59 bits per heavy atom. The van der Waals surface area contributed by atoms with Gasteiger partial charge in [-0.2, -0.15) is 10.2 Å². The molecule has 0 bridgehead atoms. The van der Waals surface area contributed by atoms with Crippen molar-refractivity contribution in [3.63, 3.8) is 0 Å². The summed E-state index contributed by atoms with van der Waals surface area (Å²) >= 11 is 0. The number of ether oxygens (including phenoxy) is 1. The van der Waals surface area contributed by atoms with Gasteiger partial charge < -0.3 is 9.84 Å². The second-order valence-electron chi connectivity index (χ2n) is 3.56. The number of carboxylic acid groups (broad SMARTS) is 1. The zero-order valence-electron chi connectivity index (χ0n) is 9.68. The Kier molecular flexibility index (Phi) is 2.58. The maximum absolute atomic E-state index is 11.0. The maximum atomic E-state index is 11.0. The Morgan fingerprint density at radius 2 is 2.29 bits per heavy atom. The molecule has 7 nitrogen and oxygen atoms in total. The first-order chi connectivity index (χ1) is 8.06. The Morgan fingerprint density at radius 3 is 2.88 bits per heavy atom. The first-order valence-corrected chi connectivity index (χ1v) is 4.91. The number of aromatic nitrogens is 4. The molecule has 2 rings (SSSR count). The number of nitrogens with zero attached hydrogens (tertiary/aromatic N) is 3. The minimum atomic E-state index is -1.04. The fraction of sp³-hybridized carbons (Fsp3) is 0.300. The summed E-state index contributed by atoms with van der Waals surface area (Å²) in [6.07, 6.45) is 1.27. The molecule has 90 valence electrons. The lowest BCUT2D eigenvalue weighted by atomic mass is 10.1. The molecule has 0 aliphatic rings. The van der Waals surface area contributed by atoms with E-state index in [2.05, 4.69) is 15.3 Å². The zero-order chi connectivity index (χ0) is 12.6. The van der Waals surface area contributed by atoms with E-state index in [4.69, 9.17) is 9.84 Å². The van der Waals surface area contributed by atoms with Crippen LogP contribution < -0.4 is 4.74 Å². The largest absolute Gasteiger partial charge is 0.481 e. The molecule has 0 atom stereocenters. The molecule has 0 fully saturated rings. The summed E-state index contributed by atoms with van der Waals surface area (Å²) < 4.78 is 6.77. The van der Waals surface area contributed by atoms with Gasteiger partial charge in [-0.25, -0.2) is 9.48 Å². The molecule has 2 aromatic rings. The van der Waals surface area contributed by atoms with Crippen LogP contribution >= 0.6 is 0 Å². The van der Waals surface area contributed by atoms with Crippen LogP contribution in [0.3, 0.4) is 0 Å². The van der Waals surface area contributed by atoms with Crippen molar-refractivity contribution >= 4 is 5.97 Å². The van der Waals surface area contributed by atoms with E-state index in [1.54, 1.807) is 18.7 Å². The van der Waals surface area contributed by atoms with E-state index in [0.29, 0.717) is 22.8 Å². The first-order valence-electron chi connectivity index (χ1n) is 4.91. The van der Waals surface area contributed by atoms with Crippen molar-refractivity contribution in [2.45, 2.75) is 6.92 Å². The van der Waals surface area contributed by atoms with Crippen LogP contribution in [0.2, 0.25) is 0 Å². The highest BCUT2D eigenvalue weighted by molar-refractivity contribution is 5.95. The Hall–Kier alpha value is -2.31. The number of aryl methyl sites for hydroxylation is 2. The molecule has 2 N–H and O–H groups in total. The molecular weight excluding hydrogens is 224 g/mol. The fourth-order valence-corrected chi connectivity index (χ4v) is 1.80. The van der Waals surface area contributed by atoms with E-state index in [1.807, 2.05) is 0 Å². The van der Waals surface area contributed by atoms with Gasteiger partial charge >= 0.3 is 5.97 Å². The second-order valence-corrected chi connectivity index (χ2v) is 3.56. The van der Waals surface area contributed by atoms with Crippen LogP contribution in [0.1, 0.15) is 16.1 Å². The molecule has 0 unspecified atom stereocenters. The number of nitrogens with one attached hydrogen (secondary N) is 1. The van der Waals surface area contributed by atoms with Crippen LogP contribution in [0.15, 0.2) is 6.20 Å². The van der Waals surface area contributed by atoms with Crippen LogP contribution in [0, 0.1) is 6.92 Å². The third-order valence-electron chi connectivity index (χ3n) is 2.48. The second kappa shape index (κ2) is 3.93. The molecule has 2 heterocycles. The summed E-state index contributed by atoms with van der Waals surface area (Å²) in [6, 6.07) is 0. The molecule has 0 spiro atoms. The molecule has 7 heteroatoms. The highest BCUT2D eigenvalue weighted by Crippen LogP contribution is 2.33. The summed E-state index contributed by atoms with van der Waals surface area (Å²) in [5.41, 5.74) is 1.79. The lowest BCUT2D eigenvalue weighted by molar-refractivity contribution is 0.0698. The van der Waals surface area contributed by atoms with E-state index < -0.39 is 5.97 Å². The molecule has 0 saturated heterocycles. The normalized spacial score (nSPS) is 10.5. The summed E-state index contributed by atoms with van der Waals surface area (Å²) in [6.45, 7) is 1.78. The molecule has 0 saturated carbocycles. The van der Waals surface area contributed by atoms with Gasteiger partial charge in [-0.15, -0.1) is 0 Å². The summed E-state index contributed by atoms with van der Waals surface area (Å²) in [4.78, 5) is 11.0. The average molecular weight is 236 g/mol. The Labute approximate surface area is 97.0 Å². The lowest BCUT2D eigenvalue weighted by Gasteiger charge is -2.03. The molecular formula is C10H12N4O3. The predicted octanol–water partition coefficient (Wildman–Crippen LogP) is 0.825. The molecule has 17 heavy (non-hydrogen) atoms. The SMILES string of the molecule is COc1c(-c2[nH]ncc2C(=O)O)c(C)nn1C. The molecule has 0 aliphatic carbocycles. The van der Waals surface area contributed by atoms with E-state index in [-0.39, 0.29) is 5.56 Å². The molecule has 0 aromatic carbocycles. The fourth-order valence-electron chi connectivity index (χ4n) is 1.80. The number of carbonyl (C=O) groups is 1. The maximum Gasteiger partial charge on any atom is 0.339 e. The zero-order valence-corrected chi connectivity index (χ0v) is 9.68. The topological polar surface area (TPSA) is 93.0 Å². The van der Waals surface area contributed by atoms with Gasteiger partial charge in [-0.3, -0.25) is 5.10 Å². The van der Waals surface area contributed by atoms with E-state index in [0.717, 1.165) is 0 Å². The van der Waals surface area contributed by atoms with Crippen molar-refractivity contribution in [3.8, 4) is 17.1 Å². The van der Waals surface area contributed by atoms with Crippen molar-refractivity contribution in [3.05, 3.63) is 17.5 Å². The molecule has 0 aliphatic heterocycles. The van der Waals surface area contributed by atoms with Crippen molar-refractivity contribution in [1.82, 2.24) is 20.0 Å². The van der Waals surface area contributed by atoms with Gasteiger partial charge in [0, 0.05) is 7.05 Å². The van der Waals surface area contributed by atoms with Crippen molar-refractivity contribution in [2.75, 3.05) is 7.11 Å². The molecule has 2 aromatic heterocycles. The molecule has 0 radical (unpaired) electrons.